The number of alkyl carbamates (subject to hydrolysis) is 1. The van der Waals surface area contributed by atoms with E-state index in [0.29, 0.717) is 31.2 Å². The zero-order valence-electron chi connectivity index (χ0n) is 29.0. The molecule has 0 saturated heterocycles. The Morgan fingerprint density at radius 1 is 1.00 bits per heavy atom. The van der Waals surface area contributed by atoms with E-state index in [-0.39, 0.29) is 30.1 Å². The fourth-order valence-corrected chi connectivity index (χ4v) is 7.25. The molecule has 8 heteroatoms. The fraction of sp³-hybridized carbons (Fsp3) is 0.564. The Kier molecular flexibility index (Phi) is 12.0. The van der Waals surface area contributed by atoms with Crippen molar-refractivity contribution in [1.29, 1.82) is 0 Å². The first kappa shape index (κ1) is 34.5. The number of unbranched alkanes of at least 4 members (excludes halogenated alkanes) is 1. The van der Waals surface area contributed by atoms with Gasteiger partial charge in [-0.2, -0.15) is 5.10 Å². The van der Waals surface area contributed by atoms with E-state index >= 15 is 0 Å². The van der Waals surface area contributed by atoms with Gasteiger partial charge in [0.25, 0.3) is 0 Å². The second-order valence-corrected chi connectivity index (χ2v) is 13.9. The average molecular weight is 643 g/mol. The van der Waals surface area contributed by atoms with Crippen LogP contribution in [0.5, 0.6) is 5.75 Å². The minimum atomic E-state index is -0.340. The zero-order chi connectivity index (χ0) is 33.3. The lowest BCUT2D eigenvalue weighted by Gasteiger charge is -2.36. The van der Waals surface area contributed by atoms with Gasteiger partial charge >= 0.3 is 6.09 Å². The monoisotopic (exact) mass is 642 g/mol. The van der Waals surface area contributed by atoms with E-state index in [1.807, 2.05) is 10.9 Å². The molecule has 1 aromatic heterocycles. The van der Waals surface area contributed by atoms with Crippen LogP contribution in [0.3, 0.4) is 0 Å². The number of nitrogens with zero attached hydrogens (tertiary/aromatic N) is 3. The lowest BCUT2D eigenvalue weighted by Crippen LogP contribution is -2.42. The first-order valence-electron chi connectivity index (χ1n) is 17.8. The van der Waals surface area contributed by atoms with Crippen LogP contribution in [0.4, 0.5) is 10.5 Å². The van der Waals surface area contributed by atoms with Gasteiger partial charge in [0.05, 0.1) is 13.3 Å². The molecular formula is C39H54N4O4. The van der Waals surface area contributed by atoms with Crippen molar-refractivity contribution in [1.82, 2.24) is 15.1 Å². The molecule has 3 aromatic rings. The maximum absolute atomic E-state index is 14.4. The number of anilines is 1. The van der Waals surface area contributed by atoms with E-state index < -0.39 is 0 Å². The van der Waals surface area contributed by atoms with Crippen LogP contribution in [0.1, 0.15) is 108 Å². The molecule has 0 unspecified atom stereocenters. The van der Waals surface area contributed by atoms with Crippen LogP contribution in [-0.2, 0) is 9.53 Å². The summed E-state index contributed by atoms with van der Waals surface area (Å²) in [6.07, 6.45) is 12.8. The molecule has 0 bridgehead atoms. The molecule has 0 radical (unpaired) electrons. The van der Waals surface area contributed by atoms with Crippen molar-refractivity contribution in [3.05, 3.63) is 66.0 Å². The van der Waals surface area contributed by atoms with Gasteiger partial charge in [-0.05, 0) is 125 Å². The lowest BCUT2D eigenvalue weighted by molar-refractivity contribution is -0.124. The number of rotatable bonds is 12. The van der Waals surface area contributed by atoms with E-state index in [1.165, 1.54) is 11.1 Å². The number of ether oxygens (including phenoxy) is 2. The Morgan fingerprint density at radius 3 is 2.43 bits per heavy atom. The van der Waals surface area contributed by atoms with Gasteiger partial charge in [-0.15, -0.1) is 0 Å². The Bertz CT molecular complexity index is 1470. The van der Waals surface area contributed by atoms with Crippen molar-refractivity contribution in [2.24, 2.45) is 11.8 Å². The van der Waals surface area contributed by atoms with Crippen molar-refractivity contribution in [2.45, 2.75) is 110 Å². The highest BCUT2D eigenvalue weighted by Crippen LogP contribution is 2.39. The average Bonchev–Trinajstić information content (AvgIpc) is 3.59. The molecular weight excluding hydrogens is 588 g/mol. The summed E-state index contributed by atoms with van der Waals surface area (Å²) in [6.45, 7) is 9.81. The third-order valence-electron chi connectivity index (χ3n) is 10.2. The third kappa shape index (κ3) is 8.96. The van der Waals surface area contributed by atoms with Crippen molar-refractivity contribution in [3.63, 3.8) is 0 Å². The van der Waals surface area contributed by atoms with Gasteiger partial charge in [0.1, 0.15) is 11.9 Å². The zero-order valence-corrected chi connectivity index (χ0v) is 29.0. The molecule has 1 heterocycles. The maximum Gasteiger partial charge on any atom is 0.407 e. The van der Waals surface area contributed by atoms with Gasteiger partial charge in [0.15, 0.2) is 0 Å². The van der Waals surface area contributed by atoms with E-state index in [0.717, 1.165) is 80.5 Å². The molecule has 0 spiro atoms. The molecule has 2 fully saturated rings. The molecule has 2 aromatic carbocycles. The number of amides is 2. The minimum absolute atomic E-state index is 0.0797. The third-order valence-corrected chi connectivity index (χ3v) is 10.2. The molecule has 47 heavy (non-hydrogen) atoms. The predicted molar refractivity (Wildman–Crippen MR) is 188 cm³/mol. The van der Waals surface area contributed by atoms with Crippen LogP contribution in [0, 0.1) is 18.8 Å². The van der Waals surface area contributed by atoms with Crippen LogP contribution in [0.2, 0.25) is 0 Å². The number of aromatic nitrogens is 2. The first-order chi connectivity index (χ1) is 22.7. The van der Waals surface area contributed by atoms with Crippen molar-refractivity contribution < 1.29 is 19.1 Å². The Morgan fingerprint density at radius 2 is 1.77 bits per heavy atom. The second-order valence-electron chi connectivity index (χ2n) is 13.9. The van der Waals surface area contributed by atoms with E-state index in [1.54, 1.807) is 7.11 Å². The molecule has 8 nitrogen and oxygen atoms in total. The molecule has 0 aliphatic heterocycles. The Labute approximate surface area is 281 Å². The molecule has 5 rings (SSSR count). The van der Waals surface area contributed by atoms with Gasteiger partial charge in [-0.3, -0.25) is 9.48 Å². The predicted octanol–water partition coefficient (Wildman–Crippen LogP) is 8.84. The summed E-state index contributed by atoms with van der Waals surface area (Å²) in [7, 11) is 1.72. The summed E-state index contributed by atoms with van der Waals surface area (Å²) in [5, 5.41) is 7.40. The number of aryl methyl sites for hydroxylation is 1. The molecule has 2 amide bonds. The van der Waals surface area contributed by atoms with Gasteiger partial charge in [-0.25, -0.2) is 4.79 Å². The van der Waals surface area contributed by atoms with Gasteiger partial charge in [0, 0.05) is 42.5 Å². The number of hydrogen-bond acceptors (Lipinski definition) is 5. The summed E-state index contributed by atoms with van der Waals surface area (Å²) in [4.78, 5) is 28.7. The quantitative estimate of drug-likeness (QED) is 0.200. The number of carbonyl (C=O) groups is 2. The summed E-state index contributed by atoms with van der Waals surface area (Å²) >= 11 is 0. The summed E-state index contributed by atoms with van der Waals surface area (Å²) in [5.41, 5.74) is 5.64. The summed E-state index contributed by atoms with van der Waals surface area (Å²) in [5.74, 6) is 2.03. The van der Waals surface area contributed by atoms with Gasteiger partial charge in [-0.1, -0.05) is 37.6 Å². The summed E-state index contributed by atoms with van der Waals surface area (Å²) in [6, 6.07) is 15.3. The molecule has 2 saturated carbocycles. The van der Waals surface area contributed by atoms with Gasteiger partial charge in [0.2, 0.25) is 5.91 Å². The first-order valence-corrected chi connectivity index (χ1v) is 17.8. The highest BCUT2D eigenvalue weighted by Gasteiger charge is 2.34. The molecule has 2 aliphatic carbocycles. The van der Waals surface area contributed by atoms with Crippen molar-refractivity contribution >= 4 is 17.7 Å². The molecule has 254 valence electrons. The molecule has 1 N–H and O–H groups in total. The van der Waals surface area contributed by atoms with Crippen LogP contribution in [0.25, 0.3) is 11.1 Å². The topological polar surface area (TPSA) is 85.7 Å². The number of nitrogens with one attached hydrogen (secondary N) is 1. The van der Waals surface area contributed by atoms with Crippen molar-refractivity contribution in [2.75, 3.05) is 25.1 Å². The fourth-order valence-electron chi connectivity index (χ4n) is 7.25. The van der Waals surface area contributed by atoms with Crippen LogP contribution >= 0.6 is 0 Å². The number of hydrogen-bond donors (Lipinski definition) is 1. The standard InChI is InChI=1S/C39H54N4O4/c1-6-7-21-40-39(45)47-36-18-15-31(16-19-36)38(44)42(35-10-8-9-32(23-35)34-24-41-43(26-34)27(2)3)25-29-11-13-30(14-12-29)33-17-20-37(46-5)28(4)22-33/h8-10,17,20,22-24,26-27,29-31,36H,6-7,11-16,18-19,21,25H2,1-5H3,(H,40,45). The van der Waals surface area contributed by atoms with E-state index in [2.05, 4.69) is 91.7 Å². The van der Waals surface area contributed by atoms with Crippen LogP contribution < -0.4 is 15.0 Å². The Hall–Kier alpha value is -3.81. The highest BCUT2D eigenvalue weighted by molar-refractivity contribution is 5.95. The minimum Gasteiger partial charge on any atom is -0.496 e. The number of benzene rings is 2. The highest BCUT2D eigenvalue weighted by atomic mass is 16.6. The second kappa shape index (κ2) is 16.3. The lowest BCUT2D eigenvalue weighted by atomic mass is 9.78. The SMILES string of the molecule is CCCCNC(=O)OC1CCC(C(=O)N(CC2CCC(c3ccc(OC)c(C)c3)CC2)c2cccc(-c3cnn(C(C)C)c3)c2)CC1. The Balaban J connectivity index is 1.28. The van der Waals surface area contributed by atoms with Crippen LogP contribution in [0.15, 0.2) is 54.9 Å². The van der Waals surface area contributed by atoms with Crippen molar-refractivity contribution in [3.8, 4) is 16.9 Å². The van der Waals surface area contributed by atoms with Gasteiger partial charge < -0.3 is 19.7 Å². The smallest absolute Gasteiger partial charge is 0.407 e. The number of carbonyl (C=O) groups excluding carboxylic acids is 2. The largest absolute Gasteiger partial charge is 0.496 e. The maximum atomic E-state index is 14.4. The molecule has 0 atom stereocenters. The van der Waals surface area contributed by atoms with Crippen LogP contribution in [-0.4, -0.2) is 48.1 Å². The number of methoxy groups -OCH3 is 1. The van der Waals surface area contributed by atoms with E-state index in [4.69, 9.17) is 9.47 Å². The summed E-state index contributed by atoms with van der Waals surface area (Å²) < 4.78 is 13.1. The normalized spacial score (nSPS) is 21.3. The van der Waals surface area contributed by atoms with E-state index in [9.17, 15) is 9.59 Å². The molecule has 2 aliphatic rings.